The average molecular weight is 258 g/mol. The van der Waals surface area contributed by atoms with Gasteiger partial charge in [0.15, 0.2) is 0 Å². The van der Waals surface area contributed by atoms with Crippen LogP contribution in [0.5, 0.6) is 0 Å². The standard InChI is InChI=1S/C18H14N2/c1-2-14-8-10-16(11-9-14)18-12-17(19-13-20-18)15-6-4-3-5-7-15/h2-13H,1H2. The molecular weight excluding hydrogens is 244 g/mol. The Morgan fingerprint density at radius 2 is 1.35 bits per heavy atom. The van der Waals surface area contributed by atoms with E-state index in [1.807, 2.05) is 66.7 Å². The molecule has 3 aromatic rings. The SMILES string of the molecule is C=Cc1ccc(-c2cc(-c3ccccc3)ncn2)cc1. The fourth-order valence-electron chi connectivity index (χ4n) is 2.07. The minimum atomic E-state index is 0.925. The Balaban J connectivity index is 2.00. The maximum Gasteiger partial charge on any atom is 0.116 e. The summed E-state index contributed by atoms with van der Waals surface area (Å²) in [6.07, 6.45) is 3.44. The number of aromatic nitrogens is 2. The molecule has 0 atom stereocenters. The van der Waals surface area contributed by atoms with Gasteiger partial charge in [-0.05, 0) is 11.6 Å². The summed E-state index contributed by atoms with van der Waals surface area (Å²) in [5.41, 5.74) is 5.14. The number of hydrogen-bond donors (Lipinski definition) is 0. The molecule has 0 aliphatic heterocycles. The van der Waals surface area contributed by atoms with Crippen LogP contribution in [0.3, 0.4) is 0 Å². The smallest absolute Gasteiger partial charge is 0.116 e. The topological polar surface area (TPSA) is 25.8 Å². The first-order chi connectivity index (χ1) is 9.86. The number of hydrogen-bond acceptors (Lipinski definition) is 2. The molecule has 3 rings (SSSR count). The molecule has 96 valence electrons. The molecule has 1 heterocycles. The second-order valence-electron chi connectivity index (χ2n) is 4.48. The summed E-state index contributed by atoms with van der Waals surface area (Å²) in [5, 5.41) is 0. The van der Waals surface area contributed by atoms with Crippen molar-refractivity contribution in [2.24, 2.45) is 0 Å². The van der Waals surface area contributed by atoms with E-state index in [1.165, 1.54) is 0 Å². The maximum atomic E-state index is 4.35. The molecule has 0 bridgehead atoms. The van der Waals surface area contributed by atoms with Crippen molar-refractivity contribution in [1.82, 2.24) is 9.97 Å². The van der Waals surface area contributed by atoms with Gasteiger partial charge >= 0.3 is 0 Å². The third kappa shape index (κ3) is 2.50. The molecule has 20 heavy (non-hydrogen) atoms. The van der Waals surface area contributed by atoms with Crippen LogP contribution >= 0.6 is 0 Å². The van der Waals surface area contributed by atoms with Crippen LogP contribution in [0.1, 0.15) is 5.56 Å². The van der Waals surface area contributed by atoms with Gasteiger partial charge in [0.05, 0.1) is 11.4 Å². The minimum Gasteiger partial charge on any atom is -0.236 e. The van der Waals surface area contributed by atoms with Gasteiger partial charge in [-0.15, -0.1) is 0 Å². The Morgan fingerprint density at radius 1 is 0.750 bits per heavy atom. The van der Waals surface area contributed by atoms with Crippen molar-refractivity contribution in [1.29, 1.82) is 0 Å². The van der Waals surface area contributed by atoms with Crippen LogP contribution in [-0.4, -0.2) is 9.97 Å². The highest BCUT2D eigenvalue weighted by Crippen LogP contribution is 2.22. The van der Waals surface area contributed by atoms with E-state index in [9.17, 15) is 0 Å². The predicted molar refractivity (Wildman–Crippen MR) is 83.0 cm³/mol. The Bertz CT molecular complexity index is 716. The molecule has 0 aliphatic carbocycles. The quantitative estimate of drug-likeness (QED) is 0.693. The second kappa shape index (κ2) is 5.49. The van der Waals surface area contributed by atoms with Gasteiger partial charge < -0.3 is 0 Å². The van der Waals surface area contributed by atoms with E-state index in [4.69, 9.17) is 0 Å². The van der Waals surface area contributed by atoms with Crippen molar-refractivity contribution < 1.29 is 0 Å². The number of rotatable bonds is 3. The van der Waals surface area contributed by atoms with Crippen molar-refractivity contribution >= 4 is 6.08 Å². The van der Waals surface area contributed by atoms with Crippen molar-refractivity contribution in [2.75, 3.05) is 0 Å². The van der Waals surface area contributed by atoms with E-state index in [0.29, 0.717) is 0 Å². The summed E-state index contributed by atoms with van der Waals surface area (Å²) in [7, 11) is 0. The van der Waals surface area contributed by atoms with Crippen LogP contribution in [0.4, 0.5) is 0 Å². The molecule has 2 heteroatoms. The predicted octanol–water partition coefficient (Wildman–Crippen LogP) is 4.45. The molecule has 0 saturated carbocycles. The lowest BCUT2D eigenvalue weighted by molar-refractivity contribution is 1.18. The molecule has 0 unspecified atom stereocenters. The molecular formula is C18H14N2. The van der Waals surface area contributed by atoms with Gasteiger partial charge in [-0.1, -0.05) is 67.3 Å². The first-order valence-corrected chi connectivity index (χ1v) is 6.47. The Hall–Kier alpha value is -2.74. The zero-order valence-corrected chi connectivity index (χ0v) is 11.0. The molecule has 0 spiro atoms. The van der Waals surface area contributed by atoms with Gasteiger partial charge in [-0.2, -0.15) is 0 Å². The first-order valence-electron chi connectivity index (χ1n) is 6.47. The zero-order valence-electron chi connectivity index (χ0n) is 11.0. The molecule has 1 aromatic heterocycles. The molecule has 0 fully saturated rings. The van der Waals surface area contributed by atoms with E-state index < -0.39 is 0 Å². The van der Waals surface area contributed by atoms with Crippen LogP contribution in [0, 0.1) is 0 Å². The Labute approximate surface area is 118 Å². The summed E-state index contributed by atoms with van der Waals surface area (Å²) in [5.74, 6) is 0. The van der Waals surface area contributed by atoms with E-state index in [-0.39, 0.29) is 0 Å². The van der Waals surface area contributed by atoms with Gasteiger partial charge in [0.25, 0.3) is 0 Å². The minimum absolute atomic E-state index is 0.925. The van der Waals surface area contributed by atoms with Gasteiger partial charge in [0.2, 0.25) is 0 Å². The Morgan fingerprint density at radius 3 is 1.95 bits per heavy atom. The third-order valence-corrected chi connectivity index (χ3v) is 3.18. The fourth-order valence-corrected chi connectivity index (χ4v) is 2.07. The van der Waals surface area contributed by atoms with Gasteiger partial charge in [-0.3, -0.25) is 0 Å². The molecule has 0 saturated heterocycles. The molecule has 0 amide bonds. The third-order valence-electron chi connectivity index (χ3n) is 3.18. The van der Waals surface area contributed by atoms with Crippen LogP contribution in [0.25, 0.3) is 28.6 Å². The number of nitrogens with zero attached hydrogens (tertiary/aromatic N) is 2. The van der Waals surface area contributed by atoms with Crippen molar-refractivity contribution in [3.8, 4) is 22.5 Å². The van der Waals surface area contributed by atoms with E-state index in [1.54, 1.807) is 6.33 Å². The van der Waals surface area contributed by atoms with Gasteiger partial charge in [0, 0.05) is 11.1 Å². The molecule has 0 N–H and O–H groups in total. The highest BCUT2D eigenvalue weighted by atomic mass is 14.8. The largest absolute Gasteiger partial charge is 0.236 e. The monoisotopic (exact) mass is 258 g/mol. The van der Waals surface area contributed by atoms with Crippen molar-refractivity contribution in [2.45, 2.75) is 0 Å². The van der Waals surface area contributed by atoms with Crippen LogP contribution in [0.15, 0.2) is 73.6 Å². The summed E-state index contributed by atoms with van der Waals surface area (Å²) in [6.45, 7) is 3.76. The van der Waals surface area contributed by atoms with Crippen LogP contribution in [-0.2, 0) is 0 Å². The van der Waals surface area contributed by atoms with Crippen LogP contribution in [0.2, 0.25) is 0 Å². The second-order valence-corrected chi connectivity index (χ2v) is 4.48. The molecule has 2 aromatic carbocycles. The lowest BCUT2D eigenvalue weighted by atomic mass is 10.1. The van der Waals surface area contributed by atoms with Crippen molar-refractivity contribution in [3.63, 3.8) is 0 Å². The summed E-state index contributed by atoms with van der Waals surface area (Å²) < 4.78 is 0. The maximum absolute atomic E-state index is 4.35. The molecule has 0 radical (unpaired) electrons. The first kappa shape index (κ1) is 12.3. The summed E-state index contributed by atoms with van der Waals surface area (Å²) in [4.78, 5) is 8.70. The number of benzene rings is 2. The van der Waals surface area contributed by atoms with Crippen LogP contribution < -0.4 is 0 Å². The van der Waals surface area contributed by atoms with Gasteiger partial charge in [0.1, 0.15) is 6.33 Å². The average Bonchev–Trinajstić information content (AvgIpc) is 2.56. The van der Waals surface area contributed by atoms with Gasteiger partial charge in [-0.25, -0.2) is 9.97 Å². The fraction of sp³-hybridized carbons (Fsp3) is 0. The lowest BCUT2D eigenvalue weighted by Gasteiger charge is -2.04. The molecule has 0 aliphatic rings. The summed E-state index contributed by atoms with van der Waals surface area (Å²) in [6, 6.07) is 20.3. The zero-order chi connectivity index (χ0) is 13.8. The summed E-state index contributed by atoms with van der Waals surface area (Å²) >= 11 is 0. The highest BCUT2D eigenvalue weighted by Gasteiger charge is 2.03. The van der Waals surface area contributed by atoms with Crippen molar-refractivity contribution in [3.05, 3.63) is 79.1 Å². The molecule has 2 nitrogen and oxygen atoms in total. The normalized spacial score (nSPS) is 10.2. The lowest BCUT2D eigenvalue weighted by Crippen LogP contribution is -1.89. The van der Waals surface area contributed by atoms with E-state index >= 15 is 0 Å². The van der Waals surface area contributed by atoms with E-state index in [2.05, 4.69) is 16.5 Å². The Kier molecular flexibility index (Phi) is 3.38. The highest BCUT2D eigenvalue weighted by molar-refractivity contribution is 5.68. The van der Waals surface area contributed by atoms with E-state index in [0.717, 1.165) is 28.1 Å².